The Kier molecular flexibility index (Phi) is 3.78. The van der Waals surface area contributed by atoms with Gasteiger partial charge in [0, 0.05) is 12.1 Å². The Balaban J connectivity index is 1.61. The van der Waals surface area contributed by atoms with Crippen molar-refractivity contribution in [1.82, 2.24) is 5.32 Å². The second kappa shape index (κ2) is 5.55. The van der Waals surface area contributed by atoms with Crippen LogP contribution in [0.15, 0.2) is 30.3 Å². The number of hydrogen-bond donors (Lipinski definition) is 2. The summed E-state index contributed by atoms with van der Waals surface area (Å²) in [5.41, 5.74) is 0.809. The van der Waals surface area contributed by atoms with E-state index in [1.54, 1.807) is 0 Å². The maximum atomic E-state index is 10.0. The van der Waals surface area contributed by atoms with Crippen molar-refractivity contribution < 1.29 is 5.11 Å². The molecule has 2 saturated carbocycles. The normalized spacial score (nSPS) is 36.9. The van der Waals surface area contributed by atoms with Crippen LogP contribution in [0.4, 0.5) is 0 Å². The predicted octanol–water partition coefficient (Wildman–Crippen LogP) is 2.50. The zero-order valence-electron chi connectivity index (χ0n) is 11.8. The summed E-state index contributed by atoms with van der Waals surface area (Å²) < 4.78 is 0. The quantitative estimate of drug-likeness (QED) is 0.887. The van der Waals surface area contributed by atoms with Crippen molar-refractivity contribution >= 4 is 0 Å². The lowest BCUT2D eigenvalue weighted by molar-refractivity contribution is 0.0695. The minimum Gasteiger partial charge on any atom is -0.392 e. The summed E-state index contributed by atoms with van der Waals surface area (Å²) in [4.78, 5) is 0. The fourth-order valence-electron chi connectivity index (χ4n) is 3.66. The van der Waals surface area contributed by atoms with Crippen molar-refractivity contribution in [1.29, 1.82) is 5.26 Å². The minimum atomic E-state index is -0.321. The number of aliphatic hydroxyl groups is 1. The molecule has 0 heterocycles. The molecule has 0 spiro atoms. The molecule has 3 rings (SSSR count). The van der Waals surface area contributed by atoms with Gasteiger partial charge in [0.25, 0.3) is 0 Å². The molecule has 0 aliphatic heterocycles. The van der Waals surface area contributed by atoms with Crippen molar-refractivity contribution in [2.75, 3.05) is 0 Å². The zero-order chi connectivity index (χ0) is 14.0. The summed E-state index contributed by atoms with van der Waals surface area (Å²) in [7, 11) is 0. The third-order valence-corrected chi connectivity index (χ3v) is 4.91. The SMILES string of the molecule is N#CC1(c2ccccc2)CC(NC2CCCCC2O)C1. The van der Waals surface area contributed by atoms with Crippen LogP contribution < -0.4 is 5.32 Å². The summed E-state index contributed by atoms with van der Waals surface area (Å²) in [5.74, 6) is 0. The van der Waals surface area contributed by atoms with Crippen molar-refractivity contribution in [2.45, 2.75) is 62.1 Å². The van der Waals surface area contributed by atoms with E-state index in [2.05, 4.69) is 23.5 Å². The van der Waals surface area contributed by atoms with Crippen LogP contribution in [0.2, 0.25) is 0 Å². The van der Waals surface area contributed by atoms with Gasteiger partial charge in [0.05, 0.1) is 17.6 Å². The molecule has 0 saturated heterocycles. The van der Waals surface area contributed by atoms with Gasteiger partial charge in [-0.25, -0.2) is 0 Å². The molecule has 20 heavy (non-hydrogen) atoms. The number of rotatable bonds is 3. The van der Waals surface area contributed by atoms with E-state index in [-0.39, 0.29) is 17.6 Å². The Bertz CT molecular complexity index is 487. The van der Waals surface area contributed by atoms with Crippen LogP contribution in [0, 0.1) is 11.3 Å². The highest BCUT2D eigenvalue weighted by molar-refractivity contribution is 5.36. The van der Waals surface area contributed by atoms with Gasteiger partial charge in [-0.05, 0) is 31.2 Å². The van der Waals surface area contributed by atoms with Gasteiger partial charge in [-0.1, -0.05) is 43.2 Å². The molecule has 1 aromatic rings. The van der Waals surface area contributed by atoms with E-state index in [9.17, 15) is 10.4 Å². The molecular formula is C17H22N2O. The molecule has 106 valence electrons. The minimum absolute atomic E-state index is 0.211. The molecule has 0 radical (unpaired) electrons. The van der Waals surface area contributed by atoms with E-state index >= 15 is 0 Å². The molecule has 2 fully saturated rings. The van der Waals surface area contributed by atoms with E-state index < -0.39 is 0 Å². The van der Waals surface area contributed by atoms with Crippen LogP contribution in [0.5, 0.6) is 0 Å². The number of aliphatic hydroxyl groups excluding tert-OH is 1. The molecule has 2 N–H and O–H groups in total. The third-order valence-electron chi connectivity index (χ3n) is 4.91. The summed E-state index contributed by atoms with van der Waals surface area (Å²) in [6.45, 7) is 0. The summed E-state index contributed by atoms with van der Waals surface area (Å²) in [6.07, 6.45) is 5.81. The van der Waals surface area contributed by atoms with Gasteiger partial charge >= 0.3 is 0 Å². The summed E-state index contributed by atoms with van der Waals surface area (Å²) >= 11 is 0. The van der Waals surface area contributed by atoms with Crippen LogP contribution in [0.1, 0.15) is 44.1 Å². The molecule has 3 heteroatoms. The van der Waals surface area contributed by atoms with E-state index in [0.717, 1.165) is 37.7 Å². The second-order valence-electron chi connectivity index (χ2n) is 6.29. The molecule has 1 aromatic carbocycles. The first kappa shape index (κ1) is 13.6. The largest absolute Gasteiger partial charge is 0.392 e. The van der Waals surface area contributed by atoms with E-state index in [1.807, 2.05) is 18.2 Å². The molecule has 2 aliphatic rings. The molecule has 2 atom stereocenters. The summed E-state index contributed by atoms with van der Waals surface area (Å²) in [6, 6.07) is 13.2. The molecule has 2 aliphatic carbocycles. The zero-order valence-corrected chi connectivity index (χ0v) is 11.8. The van der Waals surface area contributed by atoms with E-state index in [0.29, 0.717) is 6.04 Å². The molecular weight excluding hydrogens is 248 g/mol. The highest BCUT2D eigenvalue weighted by atomic mass is 16.3. The smallest absolute Gasteiger partial charge is 0.0852 e. The second-order valence-corrected chi connectivity index (χ2v) is 6.29. The lowest BCUT2D eigenvalue weighted by atomic mass is 9.62. The Labute approximate surface area is 120 Å². The van der Waals surface area contributed by atoms with Gasteiger partial charge in [0.2, 0.25) is 0 Å². The fraction of sp³-hybridized carbons (Fsp3) is 0.588. The molecule has 0 amide bonds. The van der Waals surface area contributed by atoms with Gasteiger partial charge in [-0.2, -0.15) is 5.26 Å². The maximum absolute atomic E-state index is 10.0. The van der Waals surface area contributed by atoms with Crippen LogP contribution in [-0.4, -0.2) is 23.3 Å². The Morgan fingerprint density at radius 2 is 1.85 bits per heavy atom. The monoisotopic (exact) mass is 270 g/mol. The van der Waals surface area contributed by atoms with Crippen molar-refractivity contribution in [3.63, 3.8) is 0 Å². The lowest BCUT2D eigenvalue weighted by Gasteiger charge is -2.46. The molecule has 3 nitrogen and oxygen atoms in total. The van der Waals surface area contributed by atoms with E-state index in [1.165, 1.54) is 6.42 Å². The van der Waals surface area contributed by atoms with Crippen molar-refractivity contribution in [3.05, 3.63) is 35.9 Å². The first-order valence-corrected chi connectivity index (χ1v) is 7.64. The number of nitriles is 1. The van der Waals surface area contributed by atoms with E-state index in [4.69, 9.17) is 0 Å². The lowest BCUT2D eigenvalue weighted by Crippen LogP contribution is -2.56. The molecule has 0 aromatic heterocycles. The van der Waals surface area contributed by atoms with Crippen molar-refractivity contribution in [2.24, 2.45) is 0 Å². The van der Waals surface area contributed by atoms with Crippen LogP contribution in [0.3, 0.4) is 0 Å². The highest BCUT2D eigenvalue weighted by Gasteiger charge is 2.46. The van der Waals surface area contributed by atoms with Gasteiger partial charge < -0.3 is 10.4 Å². The van der Waals surface area contributed by atoms with Crippen LogP contribution in [-0.2, 0) is 5.41 Å². The fourth-order valence-corrected chi connectivity index (χ4v) is 3.66. The standard InChI is InChI=1S/C17H22N2O/c18-12-17(13-6-2-1-3-7-13)10-14(11-17)19-15-8-4-5-9-16(15)20/h1-3,6-7,14-16,19-20H,4-5,8-11H2. The number of benzene rings is 1. The van der Waals surface area contributed by atoms with Crippen molar-refractivity contribution in [3.8, 4) is 6.07 Å². The first-order valence-electron chi connectivity index (χ1n) is 7.64. The average molecular weight is 270 g/mol. The Morgan fingerprint density at radius 3 is 2.50 bits per heavy atom. The van der Waals surface area contributed by atoms with Gasteiger partial charge in [0.1, 0.15) is 0 Å². The Morgan fingerprint density at radius 1 is 1.15 bits per heavy atom. The van der Waals surface area contributed by atoms with Crippen LogP contribution in [0.25, 0.3) is 0 Å². The Hall–Kier alpha value is -1.37. The van der Waals surface area contributed by atoms with Gasteiger partial charge in [0.15, 0.2) is 0 Å². The highest BCUT2D eigenvalue weighted by Crippen LogP contribution is 2.43. The van der Waals surface area contributed by atoms with Crippen LogP contribution >= 0.6 is 0 Å². The first-order chi connectivity index (χ1) is 9.73. The third kappa shape index (κ3) is 2.46. The predicted molar refractivity (Wildman–Crippen MR) is 78.2 cm³/mol. The average Bonchev–Trinajstić information content (AvgIpc) is 2.45. The summed E-state index contributed by atoms with van der Waals surface area (Å²) in [5, 5.41) is 23.1. The maximum Gasteiger partial charge on any atom is 0.0852 e. The number of nitrogens with zero attached hydrogens (tertiary/aromatic N) is 1. The van der Waals surface area contributed by atoms with Gasteiger partial charge in [-0.15, -0.1) is 0 Å². The molecule has 2 unspecified atom stereocenters. The number of nitrogens with one attached hydrogen (secondary N) is 1. The van der Waals surface area contributed by atoms with Gasteiger partial charge in [-0.3, -0.25) is 0 Å². The number of hydrogen-bond acceptors (Lipinski definition) is 3. The topological polar surface area (TPSA) is 56.0 Å². The molecule has 0 bridgehead atoms.